The van der Waals surface area contributed by atoms with E-state index >= 15 is 0 Å². The molecule has 0 fully saturated rings. The van der Waals surface area contributed by atoms with E-state index in [0.29, 0.717) is 11.1 Å². The second kappa shape index (κ2) is 5.84. The number of carbonyl (C=O) groups excluding carboxylic acids is 1. The quantitative estimate of drug-likeness (QED) is 0.897. The van der Waals surface area contributed by atoms with Gasteiger partial charge in [0.2, 0.25) is 5.91 Å². The summed E-state index contributed by atoms with van der Waals surface area (Å²) in [5.74, 6) is -0.682. The second-order valence-corrected chi connectivity index (χ2v) is 4.84. The highest BCUT2D eigenvalue weighted by Crippen LogP contribution is 2.17. The maximum absolute atomic E-state index is 13.5. The van der Waals surface area contributed by atoms with Crippen LogP contribution in [-0.4, -0.2) is 5.91 Å². The summed E-state index contributed by atoms with van der Waals surface area (Å²) in [7, 11) is 0. The van der Waals surface area contributed by atoms with E-state index in [2.05, 4.69) is 5.32 Å². The highest BCUT2D eigenvalue weighted by molar-refractivity contribution is 5.86. The molecule has 104 valence electrons. The van der Waals surface area contributed by atoms with Gasteiger partial charge in [0.25, 0.3) is 0 Å². The summed E-state index contributed by atoms with van der Waals surface area (Å²) in [5.41, 5.74) is 6.08. The Morgan fingerprint density at radius 3 is 2.40 bits per heavy atom. The lowest BCUT2D eigenvalue weighted by Gasteiger charge is -2.24. The number of carbonyl (C=O) groups is 1. The number of benzene rings is 2. The van der Waals surface area contributed by atoms with Crippen LogP contribution in [-0.2, 0) is 16.9 Å². The van der Waals surface area contributed by atoms with Gasteiger partial charge < -0.3 is 11.1 Å². The number of hydrogen-bond donors (Lipinski definition) is 2. The molecular formula is C16H17FN2O. The van der Waals surface area contributed by atoms with Crippen LogP contribution in [0.2, 0.25) is 0 Å². The molecule has 4 heteroatoms. The molecule has 0 spiro atoms. The molecule has 0 bridgehead atoms. The first-order chi connectivity index (χ1) is 9.51. The monoisotopic (exact) mass is 272 g/mol. The molecule has 1 amide bonds. The zero-order chi connectivity index (χ0) is 14.6. The van der Waals surface area contributed by atoms with Crippen molar-refractivity contribution in [3.63, 3.8) is 0 Å². The third-order valence-corrected chi connectivity index (χ3v) is 3.24. The van der Waals surface area contributed by atoms with E-state index in [0.717, 1.165) is 0 Å². The number of halogens is 1. The molecule has 0 aliphatic heterocycles. The molecule has 2 rings (SSSR count). The SMILES string of the molecule is CC(N)(C(=O)NCc1ccccc1F)c1ccccc1. The summed E-state index contributed by atoms with van der Waals surface area (Å²) in [6.07, 6.45) is 0. The zero-order valence-electron chi connectivity index (χ0n) is 11.3. The first-order valence-electron chi connectivity index (χ1n) is 6.38. The molecule has 2 aromatic rings. The van der Waals surface area contributed by atoms with Crippen LogP contribution in [0, 0.1) is 5.82 Å². The van der Waals surface area contributed by atoms with Crippen molar-refractivity contribution in [1.82, 2.24) is 5.32 Å². The summed E-state index contributed by atoms with van der Waals surface area (Å²) in [6, 6.07) is 15.4. The van der Waals surface area contributed by atoms with Crippen LogP contribution in [0.1, 0.15) is 18.1 Å². The van der Waals surface area contributed by atoms with E-state index in [1.54, 1.807) is 37.3 Å². The average molecular weight is 272 g/mol. The Bertz CT molecular complexity index is 596. The van der Waals surface area contributed by atoms with E-state index in [1.807, 2.05) is 18.2 Å². The number of nitrogens with one attached hydrogen (secondary N) is 1. The Morgan fingerprint density at radius 1 is 1.15 bits per heavy atom. The van der Waals surface area contributed by atoms with Gasteiger partial charge in [-0.15, -0.1) is 0 Å². The van der Waals surface area contributed by atoms with E-state index in [4.69, 9.17) is 5.73 Å². The topological polar surface area (TPSA) is 55.1 Å². The summed E-state index contributed by atoms with van der Waals surface area (Å²) < 4.78 is 13.5. The molecule has 20 heavy (non-hydrogen) atoms. The fourth-order valence-electron chi connectivity index (χ4n) is 1.92. The molecule has 0 aromatic heterocycles. The molecule has 0 aliphatic rings. The van der Waals surface area contributed by atoms with E-state index in [9.17, 15) is 9.18 Å². The van der Waals surface area contributed by atoms with Gasteiger partial charge in [0.05, 0.1) is 0 Å². The summed E-state index contributed by atoms with van der Waals surface area (Å²) in [6.45, 7) is 1.75. The highest BCUT2D eigenvalue weighted by atomic mass is 19.1. The van der Waals surface area contributed by atoms with Crippen molar-refractivity contribution in [1.29, 1.82) is 0 Å². The summed E-state index contributed by atoms with van der Waals surface area (Å²) >= 11 is 0. The minimum absolute atomic E-state index is 0.116. The van der Waals surface area contributed by atoms with Gasteiger partial charge in [0.15, 0.2) is 0 Å². The number of amides is 1. The van der Waals surface area contributed by atoms with E-state index in [-0.39, 0.29) is 18.3 Å². The first kappa shape index (κ1) is 14.2. The minimum Gasteiger partial charge on any atom is -0.350 e. The molecule has 1 unspecified atom stereocenters. The predicted molar refractivity (Wildman–Crippen MR) is 76.2 cm³/mol. The molecule has 0 aliphatic carbocycles. The predicted octanol–water partition coefficient (Wildman–Crippen LogP) is 2.32. The number of hydrogen-bond acceptors (Lipinski definition) is 2. The lowest BCUT2D eigenvalue weighted by Crippen LogP contribution is -2.48. The van der Waals surface area contributed by atoms with Crippen LogP contribution in [0.15, 0.2) is 54.6 Å². The molecule has 0 radical (unpaired) electrons. The van der Waals surface area contributed by atoms with Crippen LogP contribution in [0.25, 0.3) is 0 Å². The molecule has 3 N–H and O–H groups in total. The fraction of sp³-hybridized carbons (Fsp3) is 0.188. The Hall–Kier alpha value is -2.20. The van der Waals surface area contributed by atoms with Crippen molar-refractivity contribution in [2.75, 3.05) is 0 Å². The van der Waals surface area contributed by atoms with Crippen molar-refractivity contribution < 1.29 is 9.18 Å². The standard InChI is InChI=1S/C16H17FN2O/c1-16(18,13-8-3-2-4-9-13)15(20)19-11-12-7-5-6-10-14(12)17/h2-10H,11,18H2,1H3,(H,19,20). The maximum atomic E-state index is 13.5. The second-order valence-electron chi connectivity index (χ2n) is 4.84. The molecule has 0 saturated heterocycles. The lowest BCUT2D eigenvalue weighted by molar-refractivity contribution is -0.126. The molecule has 2 aromatic carbocycles. The van der Waals surface area contributed by atoms with Crippen LogP contribution in [0.5, 0.6) is 0 Å². The van der Waals surface area contributed by atoms with Crippen LogP contribution in [0.4, 0.5) is 4.39 Å². The molecule has 0 saturated carbocycles. The summed E-state index contributed by atoms with van der Waals surface area (Å²) in [5, 5.41) is 2.67. The van der Waals surface area contributed by atoms with Gasteiger partial charge >= 0.3 is 0 Å². The normalized spacial score (nSPS) is 13.6. The Kier molecular flexibility index (Phi) is 4.15. The highest BCUT2D eigenvalue weighted by Gasteiger charge is 2.30. The van der Waals surface area contributed by atoms with Gasteiger partial charge in [0, 0.05) is 12.1 Å². The van der Waals surface area contributed by atoms with Crippen LogP contribution in [0.3, 0.4) is 0 Å². The van der Waals surface area contributed by atoms with Crippen molar-refractivity contribution >= 4 is 5.91 Å². The largest absolute Gasteiger partial charge is 0.350 e. The van der Waals surface area contributed by atoms with Crippen LogP contribution < -0.4 is 11.1 Å². The average Bonchev–Trinajstić information content (AvgIpc) is 2.47. The van der Waals surface area contributed by atoms with Crippen molar-refractivity contribution in [2.24, 2.45) is 5.73 Å². The first-order valence-corrected chi connectivity index (χ1v) is 6.38. The minimum atomic E-state index is -1.15. The van der Waals surface area contributed by atoms with Gasteiger partial charge in [-0.1, -0.05) is 48.5 Å². The zero-order valence-corrected chi connectivity index (χ0v) is 11.3. The lowest BCUT2D eigenvalue weighted by atomic mass is 9.92. The van der Waals surface area contributed by atoms with Crippen molar-refractivity contribution in [3.05, 3.63) is 71.5 Å². The molecular weight excluding hydrogens is 255 g/mol. The van der Waals surface area contributed by atoms with Crippen molar-refractivity contribution in [3.8, 4) is 0 Å². The maximum Gasteiger partial charge on any atom is 0.244 e. The molecule has 1 atom stereocenters. The number of nitrogens with two attached hydrogens (primary N) is 1. The third kappa shape index (κ3) is 3.03. The van der Waals surface area contributed by atoms with Gasteiger partial charge in [-0.05, 0) is 18.6 Å². The fourth-order valence-corrected chi connectivity index (χ4v) is 1.92. The van der Waals surface area contributed by atoms with E-state index < -0.39 is 5.54 Å². The molecule has 3 nitrogen and oxygen atoms in total. The van der Waals surface area contributed by atoms with Gasteiger partial charge in [-0.2, -0.15) is 0 Å². The summed E-state index contributed by atoms with van der Waals surface area (Å²) in [4.78, 5) is 12.2. The van der Waals surface area contributed by atoms with Gasteiger partial charge in [0.1, 0.15) is 11.4 Å². The third-order valence-electron chi connectivity index (χ3n) is 3.24. The Morgan fingerprint density at radius 2 is 1.75 bits per heavy atom. The number of rotatable bonds is 4. The Balaban J connectivity index is 2.07. The van der Waals surface area contributed by atoms with Crippen molar-refractivity contribution in [2.45, 2.75) is 19.0 Å². The van der Waals surface area contributed by atoms with Gasteiger partial charge in [-0.3, -0.25) is 4.79 Å². The molecule has 0 heterocycles. The smallest absolute Gasteiger partial charge is 0.244 e. The van der Waals surface area contributed by atoms with Crippen LogP contribution >= 0.6 is 0 Å². The van der Waals surface area contributed by atoms with E-state index in [1.165, 1.54) is 6.07 Å². The van der Waals surface area contributed by atoms with Gasteiger partial charge in [-0.25, -0.2) is 4.39 Å². The Labute approximate surface area is 117 Å².